The molecule has 1 aromatic rings. The Hall–Kier alpha value is -0.590. The Morgan fingerprint density at radius 3 is 3.06 bits per heavy atom. The molecule has 1 aromatic heterocycles. The van der Waals surface area contributed by atoms with Gasteiger partial charge >= 0.3 is 0 Å². The molecule has 0 saturated heterocycles. The van der Waals surface area contributed by atoms with Crippen LogP contribution in [-0.2, 0) is 17.7 Å². The van der Waals surface area contributed by atoms with E-state index in [1.807, 2.05) is 0 Å². The van der Waals surface area contributed by atoms with E-state index < -0.39 is 0 Å². The van der Waals surface area contributed by atoms with E-state index in [1.165, 1.54) is 19.3 Å². The number of thioether (sulfide) groups is 1. The normalized spacial score (nSPS) is 15.6. The standard InChI is InChI=1S/C11H19N3O2S/c15-6-7-16-8-9-17-11-13-12-10-4-2-1-3-5-14(10)11/h15H,1-9H2. The average Bonchev–Trinajstić information content (AvgIpc) is 2.59. The van der Waals surface area contributed by atoms with Crippen LogP contribution >= 0.6 is 11.8 Å². The van der Waals surface area contributed by atoms with Gasteiger partial charge < -0.3 is 14.4 Å². The first-order valence-corrected chi connectivity index (χ1v) is 7.14. The van der Waals surface area contributed by atoms with Crippen molar-refractivity contribution in [3.05, 3.63) is 5.82 Å². The number of fused-ring (bicyclic) bond motifs is 1. The van der Waals surface area contributed by atoms with Crippen molar-refractivity contribution in [2.45, 2.75) is 37.4 Å². The van der Waals surface area contributed by atoms with E-state index in [0.29, 0.717) is 13.2 Å². The summed E-state index contributed by atoms with van der Waals surface area (Å²) in [5, 5.41) is 18.1. The molecule has 0 unspecified atom stereocenters. The summed E-state index contributed by atoms with van der Waals surface area (Å²) in [4.78, 5) is 0. The van der Waals surface area contributed by atoms with Crippen molar-refractivity contribution in [3.63, 3.8) is 0 Å². The second-order valence-electron chi connectivity index (χ2n) is 4.05. The predicted molar refractivity (Wildman–Crippen MR) is 66.2 cm³/mol. The number of aromatic nitrogens is 3. The van der Waals surface area contributed by atoms with E-state index in [0.717, 1.165) is 29.7 Å². The van der Waals surface area contributed by atoms with Crippen molar-refractivity contribution in [3.8, 4) is 0 Å². The van der Waals surface area contributed by atoms with Crippen LogP contribution in [0.3, 0.4) is 0 Å². The van der Waals surface area contributed by atoms with Gasteiger partial charge in [-0.15, -0.1) is 10.2 Å². The summed E-state index contributed by atoms with van der Waals surface area (Å²) < 4.78 is 7.46. The van der Waals surface area contributed by atoms with Crippen LogP contribution in [0.25, 0.3) is 0 Å². The molecule has 0 aromatic carbocycles. The molecule has 0 atom stereocenters. The van der Waals surface area contributed by atoms with E-state index >= 15 is 0 Å². The van der Waals surface area contributed by atoms with Crippen molar-refractivity contribution >= 4 is 11.8 Å². The molecule has 1 N–H and O–H groups in total. The fourth-order valence-electron chi connectivity index (χ4n) is 1.92. The third kappa shape index (κ3) is 3.69. The molecule has 2 rings (SSSR count). The summed E-state index contributed by atoms with van der Waals surface area (Å²) in [5.74, 6) is 1.99. The van der Waals surface area contributed by atoms with Gasteiger partial charge in [0.05, 0.1) is 19.8 Å². The Morgan fingerprint density at radius 2 is 2.18 bits per heavy atom. The Morgan fingerprint density at radius 1 is 1.24 bits per heavy atom. The summed E-state index contributed by atoms with van der Waals surface area (Å²) >= 11 is 1.68. The molecule has 1 aliphatic rings. The molecule has 0 spiro atoms. The molecule has 96 valence electrons. The number of hydrogen-bond acceptors (Lipinski definition) is 5. The third-order valence-electron chi connectivity index (χ3n) is 2.77. The molecule has 5 nitrogen and oxygen atoms in total. The number of aliphatic hydroxyl groups excluding tert-OH is 1. The van der Waals surface area contributed by atoms with Gasteiger partial charge in [-0.1, -0.05) is 18.2 Å². The SMILES string of the molecule is OCCOCCSc1nnc2n1CCCCC2. The Balaban J connectivity index is 1.82. The Labute approximate surface area is 106 Å². The van der Waals surface area contributed by atoms with Crippen molar-refractivity contribution < 1.29 is 9.84 Å². The fourth-order valence-corrected chi connectivity index (χ4v) is 2.76. The van der Waals surface area contributed by atoms with Gasteiger partial charge in [-0.25, -0.2) is 0 Å². The molecular formula is C11H19N3O2S. The third-order valence-corrected chi connectivity index (χ3v) is 3.70. The summed E-state index contributed by atoms with van der Waals surface area (Å²) in [7, 11) is 0. The minimum absolute atomic E-state index is 0.0883. The smallest absolute Gasteiger partial charge is 0.191 e. The van der Waals surface area contributed by atoms with Crippen molar-refractivity contribution in [2.75, 3.05) is 25.6 Å². The average molecular weight is 257 g/mol. The lowest BCUT2D eigenvalue weighted by molar-refractivity contribution is 0.103. The quantitative estimate of drug-likeness (QED) is 0.611. The minimum atomic E-state index is 0.0883. The molecular weight excluding hydrogens is 238 g/mol. The van der Waals surface area contributed by atoms with Gasteiger partial charge in [-0.2, -0.15) is 0 Å². The highest BCUT2D eigenvalue weighted by Crippen LogP contribution is 2.21. The van der Waals surface area contributed by atoms with Crippen LogP contribution in [0.1, 0.15) is 25.1 Å². The predicted octanol–water partition coefficient (Wildman–Crippen LogP) is 1.11. The number of aryl methyl sites for hydroxylation is 1. The van der Waals surface area contributed by atoms with Gasteiger partial charge in [0.1, 0.15) is 5.82 Å². The number of hydrogen-bond donors (Lipinski definition) is 1. The molecule has 0 saturated carbocycles. The van der Waals surface area contributed by atoms with Crippen LogP contribution in [0.5, 0.6) is 0 Å². The van der Waals surface area contributed by atoms with E-state index in [1.54, 1.807) is 11.8 Å². The molecule has 0 fully saturated rings. The number of ether oxygens (including phenoxy) is 1. The Kier molecular flexibility index (Phi) is 5.28. The minimum Gasteiger partial charge on any atom is -0.394 e. The van der Waals surface area contributed by atoms with Crippen LogP contribution in [-0.4, -0.2) is 45.4 Å². The van der Waals surface area contributed by atoms with Gasteiger partial charge in [-0.3, -0.25) is 0 Å². The van der Waals surface area contributed by atoms with Gasteiger partial charge in [0, 0.05) is 18.7 Å². The molecule has 0 bridgehead atoms. The number of nitrogens with zero attached hydrogens (tertiary/aromatic N) is 3. The van der Waals surface area contributed by atoms with E-state index in [9.17, 15) is 0 Å². The zero-order chi connectivity index (χ0) is 11.9. The molecule has 0 radical (unpaired) electrons. The molecule has 6 heteroatoms. The van der Waals surface area contributed by atoms with E-state index in [-0.39, 0.29) is 6.61 Å². The van der Waals surface area contributed by atoms with Crippen molar-refractivity contribution in [1.82, 2.24) is 14.8 Å². The Bertz CT molecular complexity index is 343. The summed E-state index contributed by atoms with van der Waals surface area (Å²) in [6.45, 7) is 2.19. The summed E-state index contributed by atoms with van der Waals surface area (Å²) in [6.07, 6.45) is 4.78. The van der Waals surface area contributed by atoms with Crippen LogP contribution in [0.15, 0.2) is 5.16 Å². The molecule has 0 amide bonds. The summed E-state index contributed by atoms with van der Waals surface area (Å²) in [5.41, 5.74) is 0. The maximum absolute atomic E-state index is 8.58. The molecule has 1 aliphatic heterocycles. The zero-order valence-electron chi connectivity index (χ0n) is 9.97. The highest BCUT2D eigenvalue weighted by atomic mass is 32.2. The topological polar surface area (TPSA) is 60.2 Å². The lowest BCUT2D eigenvalue weighted by Crippen LogP contribution is -2.05. The number of aliphatic hydroxyl groups is 1. The monoisotopic (exact) mass is 257 g/mol. The first-order chi connectivity index (χ1) is 8.42. The fraction of sp³-hybridized carbons (Fsp3) is 0.818. The van der Waals surface area contributed by atoms with E-state index in [2.05, 4.69) is 14.8 Å². The molecule has 17 heavy (non-hydrogen) atoms. The zero-order valence-corrected chi connectivity index (χ0v) is 10.8. The highest BCUT2D eigenvalue weighted by Gasteiger charge is 2.14. The second-order valence-corrected chi connectivity index (χ2v) is 5.11. The van der Waals surface area contributed by atoms with Crippen LogP contribution < -0.4 is 0 Å². The maximum atomic E-state index is 8.58. The van der Waals surface area contributed by atoms with Crippen molar-refractivity contribution in [1.29, 1.82) is 0 Å². The van der Waals surface area contributed by atoms with Crippen molar-refractivity contribution in [2.24, 2.45) is 0 Å². The first-order valence-electron chi connectivity index (χ1n) is 6.15. The van der Waals surface area contributed by atoms with Gasteiger partial charge in [0.25, 0.3) is 0 Å². The van der Waals surface area contributed by atoms with E-state index in [4.69, 9.17) is 9.84 Å². The largest absolute Gasteiger partial charge is 0.394 e. The van der Waals surface area contributed by atoms with Gasteiger partial charge in [-0.05, 0) is 12.8 Å². The van der Waals surface area contributed by atoms with Gasteiger partial charge in [0.2, 0.25) is 0 Å². The second kappa shape index (κ2) is 6.98. The lowest BCUT2D eigenvalue weighted by atomic mass is 10.2. The maximum Gasteiger partial charge on any atom is 0.191 e. The van der Waals surface area contributed by atoms with Gasteiger partial charge in [0.15, 0.2) is 5.16 Å². The van der Waals surface area contributed by atoms with Crippen LogP contribution in [0.2, 0.25) is 0 Å². The van der Waals surface area contributed by atoms with Crippen LogP contribution in [0, 0.1) is 0 Å². The lowest BCUT2D eigenvalue weighted by Gasteiger charge is -2.06. The number of rotatable bonds is 6. The van der Waals surface area contributed by atoms with Crippen LogP contribution in [0.4, 0.5) is 0 Å². The summed E-state index contributed by atoms with van der Waals surface area (Å²) in [6, 6.07) is 0. The highest BCUT2D eigenvalue weighted by molar-refractivity contribution is 7.99. The first kappa shape index (κ1) is 12.9. The molecule has 0 aliphatic carbocycles. The molecule has 2 heterocycles.